The van der Waals surface area contributed by atoms with E-state index in [0.717, 1.165) is 16.8 Å². The Morgan fingerprint density at radius 2 is 1.58 bits per heavy atom. The molecule has 0 fully saturated rings. The lowest BCUT2D eigenvalue weighted by atomic mass is 9.98. The van der Waals surface area contributed by atoms with E-state index < -0.39 is 17.9 Å². The van der Waals surface area contributed by atoms with Crippen molar-refractivity contribution in [3.63, 3.8) is 0 Å². The van der Waals surface area contributed by atoms with Gasteiger partial charge in [-0.3, -0.25) is 9.59 Å². The minimum Gasteiger partial charge on any atom is -0.480 e. The number of halogens is 2. The summed E-state index contributed by atoms with van der Waals surface area (Å²) in [7, 11) is 0. The van der Waals surface area contributed by atoms with Crippen LogP contribution >= 0.6 is 23.2 Å². The molecule has 1 heterocycles. The van der Waals surface area contributed by atoms with Gasteiger partial charge >= 0.3 is 5.97 Å². The lowest BCUT2D eigenvalue weighted by molar-refractivity contribution is -0.139. The summed E-state index contributed by atoms with van der Waals surface area (Å²) in [5.41, 5.74) is 3.60. The van der Waals surface area contributed by atoms with Crippen LogP contribution in [0.25, 0.3) is 0 Å². The number of carbonyl (C=O) groups excluding carboxylic acids is 2. The number of hydrogen-bond donors (Lipinski definition) is 2. The second-order valence-corrected chi connectivity index (χ2v) is 8.57. The van der Waals surface area contributed by atoms with E-state index in [1.807, 2.05) is 24.3 Å². The van der Waals surface area contributed by atoms with Gasteiger partial charge in [-0.1, -0.05) is 65.7 Å². The molecule has 0 radical (unpaired) electrons. The fraction of sp³-hybridized carbons (Fsp3) is 0.160. The van der Waals surface area contributed by atoms with E-state index in [1.165, 1.54) is 12.1 Å². The molecule has 4 rings (SSSR count). The van der Waals surface area contributed by atoms with Crippen molar-refractivity contribution in [3.05, 3.63) is 99.0 Å². The Hall–Kier alpha value is -3.35. The maximum atomic E-state index is 12.6. The summed E-state index contributed by atoms with van der Waals surface area (Å²) >= 11 is 12.1. The second-order valence-electron chi connectivity index (χ2n) is 7.76. The van der Waals surface area contributed by atoms with Gasteiger partial charge in [0, 0.05) is 12.1 Å². The molecule has 1 atom stereocenters. The molecule has 2 N–H and O–H groups in total. The molecule has 0 saturated carbocycles. The van der Waals surface area contributed by atoms with E-state index >= 15 is 0 Å². The van der Waals surface area contributed by atoms with Crippen LogP contribution < -0.4 is 10.2 Å². The first-order valence-corrected chi connectivity index (χ1v) is 11.0. The van der Waals surface area contributed by atoms with Crippen molar-refractivity contribution in [2.24, 2.45) is 0 Å². The Kier molecular flexibility index (Phi) is 6.67. The predicted molar refractivity (Wildman–Crippen MR) is 127 cm³/mol. The zero-order valence-electron chi connectivity index (χ0n) is 17.4. The highest BCUT2D eigenvalue weighted by Crippen LogP contribution is 2.26. The largest absolute Gasteiger partial charge is 0.480 e. The Morgan fingerprint density at radius 3 is 2.21 bits per heavy atom. The van der Waals surface area contributed by atoms with Crippen molar-refractivity contribution in [1.82, 2.24) is 5.32 Å². The fourth-order valence-electron chi connectivity index (χ4n) is 3.83. The van der Waals surface area contributed by atoms with E-state index in [9.17, 15) is 19.5 Å². The molecule has 6 nitrogen and oxygen atoms in total. The van der Waals surface area contributed by atoms with E-state index in [2.05, 4.69) is 5.32 Å². The van der Waals surface area contributed by atoms with Gasteiger partial charge < -0.3 is 15.3 Å². The van der Waals surface area contributed by atoms with Gasteiger partial charge in [-0.05, 0) is 41.0 Å². The van der Waals surface area contributed by atoms with Gasteiger partial charge in [0.25, 0.3) is 5.91 Å². The normalized spacial score (nSPS) is 13.9. The van der Waals surface area contributed by atoms with Crippen molar-refractivity contribution in [1.29, 1.82) is 0 Å². The van der Waals surface area contributed by atoms with E-state index in [4.69, 9.17) is 23.2 Å². The van der Waals surface area contributed by atoms with Gasteiger partial charge in [0.15, 0.2) is 0 Å². The highest BCUT2D eigenvalue weighted by atomic mass is 35.5. The molecule has 0 bridgehead atoms. The molecular weight excluding hydrogens is 463 g/mol. The number of carboxylic acids is 1. The minimum atomic E-state index is -1.18. The summed E-state index contributed by atoms with van der Waals surface area (Å²) in [4.78, 5) is 38.7. The molecule has 0 unspecified atom stereocenters. The van der Waals surface area contributed by atoms with Crippen molar-refractivity contribution in [2.75, 3.05) is 4.90 Å². The summed E-state index contributed by atoms with van der Waals surface area (Å²) in [6.45, 7) is 0.487. The van der Waals surface area contributed by atoms with Crippen molar-refractivity contribution >= 4 is 46.7 Å². The molecule has 0 aliphatic carbocycles. The van der Waals surface area contributed by atoms with E-state index in [1.54, 1.807) is 35.2 Å². The van der Waals surface area contributed by atoms with Gasteiger partial charge in [0.1, 0.15) is 6.04 Å². The summed E-state index contributed by atoms with van der Waals surface area (Å²) in [5.74, 6) is -1.83. The van der Waals surface area contributed by atoms with Crippen LogP contribution in [-0.4, -0.2) is 28.9 Å². The molecule has 0 spiro atoms. The van der Waals surface area contributed by atoms with Crippen LogP contribution in [-0.2, 0) is 29.0 Å². The number of aliphatic carboxylic acids is 1. The first kappa shape index (κ1) is 22.8. The van der Waals surface area contributed by atoms with Gasteiger partial charge in [-0.25, -0.2) is 4.79 Å². The fourth-order valence-corrected chi connectivity index (χ4v) is 4.40. The van der Waals surface area contributed by atoms with Crippen LogP contribution in [0.15, 0.2) is 66.7 Å². The van der Waals surface area contributed by atoms with Gasteiger partial charge in [-0.15, -0.1) is 0 Å². The maximum absolute atomic E-state index is 12.6. The number of nitrogens with zero attached hydrogens (tertiary/aromatic N) is 1. The van der Waals surface area contributed by atoms with Gasteiger partial charge in [0.05, 0.1) is 28.6 Å². The number of hydrogen-bond acceptors (Lipinski definition) is 3. The average Bonchev–Trinajstić information content (AvgIpc) is 2.78. The molecule has 0 saturated heterocycles. The van der Waals surface area contributed by atoms with Crippen LogP contribution in [0.2, 0.25) is 10.0 Å². The summed E-state index contributed by atoms with van der Waals surface area (Å²) in [6, 6.07) is 18.4. The van der Waals surface area contributed by atoms with Crippen LogP contribution in [0, 0.1) is 0 Å². The topological polar surface area (TPSA) is 86.7 Å². The standard InChI is InChI=1S/C25H20Cl2N2O4/c26-19-6-3-7-20(27)23(19)24(31)28-21(25(32)33)12-15-8-10-18(11-9-15)29-14-17-5-2-1-4-16(17)13-22(29)30/h1-11,21H,12-14H2,(H,28,31)(H,32,33)/t21-/m0/s1. The highest BCUT2D eigenvalue weighted by molar-refractivity contribution is 6.39. The Labute approximate surface area is 200 Å². The molecule has 3 aromatic carbocycles. The molecule has 1 aliphatic rings. The van der Waals surface area contributed by atoms with Crippen LogP contribution in [0.4, 0.5) is 5.69 Å². The summed E-state index contributed by atoms with van der Waals surface area (Å²) < 4.78 is 0. The predicted octanol–water partition coefficient (Wildman–Crippen LogP) is 4.51. The molecule has 1 aliphatic heterocycles. The number of anilines is 1. The zero-order chi connectivity index (χ0) is 23.5. The molecule has 8 heteroatoms. The number of carbonyl (C=O) groups is 3. The van der Waals surface area contributed by atoms with Crippen molar-refractivity contribution in [2.45, 2.75) is 25.4 Å². The quantitative estimate of drug-likeness (QED) is 0.541. The third kappa shape index (κ3) is 5.02. The van der Waals surface area contributed by atoms with Crippen molar-refractivity contribution in [3.8, 4) is 0 Å². The minimum absolute atomic E-state index is 0.00810. The number of rotatable bonds is 6. The summed E-state index contributed by atoms with van der Waals surface area (Å²) in [6.07, 6.45) is 0.399. The average molecular weight is 483 g/mol. The SMILES string of the molecule is O=C(N[C@@H](Cc1ccc(N2Cc3ccccc3CC2=O)cc1)C(=O)O)c1c(Cl)cccc1Cl. The monoisotopic (exact) mass is 482 g/mol. The first-order valence-electron chi connectivity index (χ1n) is 10.3. The van der Waals surface area contributed by atoms with Crippen LogP contribution in [0.5, 0.6) is 0 Å². The third-order valence-electron chi connectivity index (χ3n) is 5.57. The first-order chi connectivity index (χ1) is 15.8. The number of carboxylic acid groups (broad SMARTS) is 1. The Bertz CT molecular complexity index is 1210. The number of benzene rings is 3. The van der Waals surface area contributed by atoms with Crippen LogP contribution in [0.1, 0.15) is 27.0 Å². The van der Waals surface area contributed by atoms with Gasteiger partial charge in [-0.2, -0.15) is 0 Å². The molecule has 33 heavy (non-hydrogen) atoms. The molecule has 168 valence electrons. The zero-order valence-corrected chi connectivity index (χ0v) is 18.9. The third-order valence-corrected chi connectivity index (χ3v) is 6.20. The second kappa shape index (κ2) is 9.65. The molecule has 3 aromatic rings. The van der Waals surface area contributed by atoms with Crippen molar-refractivity contribution < 1.29 is 19.5 Å². The Morgan fingerprint density at radius 1 is 0.939 bits per heavy atom. The van der Waals surface area contributed by atoms with Crippen LogP contribution in [0.3, 0.4) is 0 Å². The molecule has 0 aromatic heterocycles. The Balaban J connectivity index is 1.47. The number of amides is 2. The molecule has 2 amide bonds. The maximum Gasteiger partial charge on any atom is 0.326 e. The van der Waals surface area contributed by atoms with E-state index in [0.29, 0.717) is 18.5 Å². The van der Waals surface area contributed by atoms with Gasteiger partial charge in [0.2, 0.25) is 5.91 Å². The lowest BCUT2D eigenvalue weighted by Crippen LogP contribution is -2.42. The number of fused-ring (bicyclic) bond motifs is 1. The number of nitrogens with one attached hydrogen (secondary N) is 1. The smallest absolute Gasteiger partial charge is 0.326 e. The summed E-state index contributed by atoms with van der Waals surface area (Å²) in [5, 5.41) is 12.4. The lowest BCUT2D eigenvalue weighted by Gasteiger charge is -2.29. The molecular formula is C25H20Cl2N2O4. The highest BCUT2D eigenvalue weighted by Gasteiger charge is 2.26. The van der Waals surface area contributed by atoms with E-state index in [-0.39, 0.29) is 27.9 Å².